The minimum Gasteiger partial charge on any atom is -0.479 e. The molecule has 1 fully saturated rings. The van der Waals surface area contributed by atoms with Crippen LogP contribution in [0.2, 0.25) is 0 Å². The molecule has 1 aliphatic rings. The predicted octanol–water partition coefficient (Wildman–Crippen LogP) is 2.50. The highest BCUT2D eigenvalue weighted by Crippen LogP contribution is 2.42. The molecule has 1 aliphatic heterocycles. The van der Waals surface area contributed by atoms with Crippen LogP contribution in [-0.4, -0.2) is 45.7 Å². The first-order valence-corrected chi connectivity index (χ1v) is 6.05. The highest BCUT2D eigenvalue weighted by atomic mass is 19.3. The zero-order valence-corrected chi connectivity index (χ0v) is 11.5. The zero-order chi connectivity index (χ0) is 15.1. The normalized spacial score (nSPS) is 26.3. The maximum atomic E-state index is 13.5. The van der Waals surface area contributed by atoms with Gasteiger partial charge in [0.25, 0.3) is 5.92 Å². The van der Waals surface area contributed by atoms with Crippen LogP contribution in [0.4, 0.5) is 13.6 Å². The van der Waals surface area contributed by atoms with Gasteiger partial charge in [-0.3, -0.25) is 4.90 Å². The molecule has 0 spiro atoms. The van der Waals surface area contributed by atoms with Crippen molar-refractivity contribution in [1.82, 2.24) is 4.90 Å². The van der Waals surface area contributed by atoms with Crippen LogP contribution in [0.1, 0.15) is 40.5 Å². The maximum absolute atomic E-state index is 13.5. The molecular formula is C12H19F2NO4. The fourth-order valence-corrected chi connectivity index (χ4v) is 2.18. The fraction of sp³-hybridized carbons (Fsp3) is 0.833. The van der Waals surface area contributed by atoms with Crippen LogP contribution in [0, 0.1) is 0 Å². The number of carbonyl (C=O) groups is 2. The van der Waals surface area contributed by atoms with E-state index in [0.29, 0.717) is 4.90 Å². The Kier molecular flexibility index (Phi) is 3.80. The quantitative estimate of drug-likeness (QED) is 0.843. The smallest absolute Gasteiger partial charge is 0.411 e. The molecule has 1 heterocycles. The number of aliphatic carboxylic acids is 1. The molecule has 1 unspecified atom stereocenters. The molecule has 1 rings (SSSR count). The molecule has 0 aromatic carbocycles. The third-order valence-corrected chi connectivity index (χ3v) is 3.05. The summed E-state index contributed by atoms with van der Waals surface area (Å²) in [5, 5.41) is 9.23. The molecule has 1 atom stereocenters. The summed E-state index contributed by atoms with van der Waals surface area (Å²) in [6.07, 6.45) is -2.00. The van der Waals surface area contributed by atoms with Gasteiger partial charge in [-0.25, -0.2) is 18.4 Å². The van der Waals surface area contributed by atoms with Crippen molar-refractivity contribution in [2.75, 3.05) is 6.54 Å². The van der Waals surface area contributed by atoms with Gasteiger partial charge in [-0.1, -0.05) is 6.92 Å². The highest BCUT2D eigenvalue weighted by Gasteiger charge is 2.61. The van der Waals surface area contributed by atoms with Crippen LogP contribution < -0.4 is 0 Å². The Morgan fingerprint density at radius 3 is 2.26 bits per heavy atom. The molecule has 5 nitrogen and oxygen atoms in total. The summed E-state index contributed by atoms with van der Waals surface area (Å²) >= 11 is 0. The number of halogens is 2. The van der Waals surface area contributed by atoms with Crippen molar-refractivity contribution in [3.63, 3.8) is 0 Å². The maximum Gasteiger partial charge on any atom is 0.411 e. The number of carbonyl (C=O) groups excluding carboxylic acids is 1. The second-order valence-electron chi connectivity index (χ2n) is 5.79. The molecular weight excluding hydrogens is 260 g/mol. The van der Waals surface area contributed by atoms with E-state index in [1.807, 2.05) is 0 Å². The van der Waals surface area contributed by atoms with Gasteiger partial charge >= 0.3 is 12.1 Å². The molecule has 0 saturated carbocycles. The first-order valence-electron chi connectivity index (χ1n) is 6.05. The lowest BCUT2D eigenvalue weighted by Crippen LogP contribution is -2.53. The number of hydrogen-bond donors (Lipinski definition) is 1. The largest absolute Gasteiger partial charge is 0.479 e. The lowest BCUT2D eigenvalue weighted by Gasteiger charge is -2.34. The molecule has 0 aromatic heterocycles. The van der Waals surface area contributed by atoms with Crippen molar-refractivity contribution in [3.05, 3.63) is 0 Å². The van der Waals surface area contributed by atoms with Crippen LogP contribution in [0.3, 0.4) is 0 Å². The lowest BCUT2D eigenvalue weighted by atomic mass is 9.92. The zero-order valence-electron chi connectivity index (χ0n) is 11.5. The third kappa shape index (κ3) is 3.13. The van der Waals surface area contributed by atoms with E-state index in [9.17, 15) is 23.5 Å². The van der Waals surface area contributed by atoms with Gasteiger partial charge in [0.05, 0.1) is 6.54 Å². The molecule has 1 N–H and O–H groups in total. The topological polar surface area (TPSA) is 66.8 Å². The van der Waals surface area contributed by atoms with E-state index in [1.165, 1.54) is 6.92 Å². The molecule has 1 saturated heterocycles. The van der Waals surface area contributed by atoms with Crippen molar-refractivity contribution < 1.29 is 28.2 Å². The molecule has 0 aromatic rings. The SMILES string of the molecule is CCC1(C(=O)O)CC(F)(F)CN1C(=O)OC(C)(C)C. The van der Waals surface area contributed by atoms with Crippen LogP contribution >= 0.6 is 0 Å². The van der Waals surface area contributed by atoms with Gasteiger partial charge in [0.2, 0.25) is 0 Å². The van der Waals surface area contributed by atoms with E-state index in [4.69, 9.17) is 4.74 Å². The Labute approximate surface area is 110 Å². The minimum absolute atomic E-state index is 0.100. The van der Waals surface area contributed by atoms with Gasteiger partial charge in [-0.05, 0) is 27.2 Å². The van der Waals surface area contributed by atoms with Crippen LogP contribution in [-0.2, 0) is 9.53 Å². The Balaban J connectivity index is 3.08. The predicted molar refractivity (Wildman–Crippen MR) is 63.2 cm³/mol. The van der Waals surface area contributed by atoms with Crippen LogP contribution in [0.15, 0.2) is 0 Å². The number of carboxylic acid groups (broad SMARTS) is 1. The van der Waals surface area contributed by atoms with E-state index in [2.05, 4.69) is 0 Å². The Hall–Kier alpha value is -1.40. The summed E-state index contributed by atoms with van der Waals surface area (Å²) in [7, 11) is 0. The van der Waals surface area contributed by atoms with Crippen molar-refractivity contribution in [1.29, 1.82) is 0 Å². The second-order valence-corrected chi connectivity index (χ2v) is 5.79. The average Bonchev–Trinajstić information content (AvgIpc) is 2.48. The van der Waals surface area contributed by atoms with Crippen molar-refractivity contribution in [2.45, 2.75) is 57.6 Å². The van der Waals surface area contributed by atoms with E-state index in [0.717, 1.165) is 0 Å². The lowest BCUT2D eigenvalue weighted by molar-refractivity contribution is -0.150. The average molecular weight is 279 g/mol. The number of hydrogen-bond acceptors (Lipinski definition) is 3. The number of amides is 1. The van der Waals surface area contributed by atoms with Gasteiger partial charge in [0.15, 0.2) is 0 Å². The van der Waals surface area contributed by atoms with Gasteiger partial charge in [-0.15, -0.1) is 0 Å². The molecule has 0 aliphatic carbocycles. The fourth-order valence-electron chi connectivity index (χ4n) is 2.18. The van der Waals surface area contributed by atoms with Gasteiger partial charge in [0, 0.05) is 6.42 Å². The van der Waals surface area contributed by atoms with Crippen molar-refractivity contribution in [3.8, 4) is 0 Å². The van der Waals surface area contributed by atoms with Gasteiger partial charge in [0.1, 0.15) is 11.1 Å². The van der Waals surface area contributed by atoms with Crippen LogP contribution in [0.5, 0.6) is 0 Å². The number of nitrogens with zero attached hydrogens (tertiary/aromatic N) is 1. The molecule has 7 heteroatoms. The molecule has 0 radical (unpaired) electrons. The number of likely N-dealkylation sites (tertiary alicyclic amines) is 1. The number of alkyl halides is 2. The van der Waals surface area contributed by atoms with Crippen LogP contribution in [0.25, 0.3) is 0 Å². The third-order valence-electron chi connectivity index (χ3n) is 3.05. The first-order chi connectivity index (χ1) is 8.43. The summed E-state index contributed by atoms with van der Waals surface area (Å²) in [5.74, 6) is -4.65. The summed E-state index contributed by atoms with van der Waals surface area (Å²) in [5.41, 5.74) is -2.77. The Morgan fingerprint density at radius 1 is 1.37 bits per heavy atom. The van der Waals surface area contributed by atoms with E-state index in [1.54, 1.807) is 20.8 Å². The highest BCUT2D eigenvalue weighted by molar-refractivity contribution is 5.85. The van der Waals surface area contributed by atoms with E-state index in [-0.39, 0.29) is 6.42 Å². The monoisotopic (exact) mass is 279 g/mol. The van der Waals surface area contributed by atoms with Gasteiger partial charge in [-0.2, -0.15) is 0 Å². The Bertz CT molecular complexity index is 392. The van der Waals surface area contributed by atoms with Crippen molar-refractivity contribution >= 4 is 12.1 Å². The first kappa shape index (κ1) is 15.7. The summed E-state index contributed by atoms with van der Waals surface area (Å²) < 4.78 is 32.0. The molecule has 110 valence electrons. The standard InChI is InChI=1S/C12H19F2NO4/c1-5-11(8(16)17)6-12(13,14)7-15(11)9(18)19-10(2,3)4/h5-7H2,1-4H3,(H,16,17). The number of rotatable bonds is 2. The second kappa shape index (κ2) is 4.61. The Morgan fingerprint density at radius 2 is 1.89 bits per heavy atom. The molecule has 19 heavy (non-hydrogen) atoms. The van der Waals surface area contributed by atoms with E-state index < -0.39 is 42.1 Å². The van der Waals surface area contributed by atoms with Crippen molar-refractivity contribution in [2.24, 2.45) is 0 Å². The number of ether oxygens (including phenoxy) is 1. The van der Waals surface area contributed by atoms with Gasteiger partial charge < -0.3 is 9.84 Å². The summed E-state index contributed by atoms with van der Waals surface area (Å²) in [4.78, 5) is 23.9. The van der Waals surface area contributed by atoms with E-state index >= 15 is 0 Å². The number of carboxylic acids is 1. The molecule has 0 bridgehead atoms. The molecule has 1 amide bonds. The summed E-state index contributed by atoms with van der Waals surface area (Å²) in [6, 6.07) is 0. The summed E-state index contributed by atoms with van der Waals surface area (Å²) in [6.45, 7) is 5.31. The minimum atomic E-state index is -3.22.